The quantitative estimate of drug-likeness (QED) is 0.807. The number of nitrogens with zero attached hydrogens (tertiary/aromatic N) is 4. The van der Waals surface area contributed by atoms with Crippen molar-refractivity contribution in [2.24, 2.45) is 5.41 Å². The first kappa shape index (κ1) is 10.6. The molecule has 90 valence electrons. The fourth-order valence-electron chi connectivity index (χ4n) is 2.51. The van der Waals surface area contributed by atoms with Crippen molar-refractivity contribution in [3.63, 3.8) is 0 Å². The van der Waals surface area contributed by atoms with E-state index in [0.29, 0.717) is 18.2 Å². The maximum absolute atomic E-state index is 10.7. The number of rotatable bonds is 1. The van der Waals surface area contributed by atoms with Gasteiger partial charge in [-0.1, -0.05) is 11.6 Å². The second kappa shape index (κ2) is 3.46. The fraction of sp³-hybridized carbons (Fsp3) is 0.500. The van der Waals surface area contributed by atoms with Crippen LogP contribution in [0.5, 0.6) is 0 Å². The SMILES string of the molecule is O=C(O)N1CC2(C1)CN(c1cncc(Cl)n1)C2. The molecule has 0 bridgehead atoms. The molecule has 1 amide bonds. The Morgan fingerprint density at radius 1 is 1.35 bits per heavy atom. The van der Waals surface area contributed by atoms with Gasteiger partial charge in [0.1, 0.15) is 11.0 Å². The van der Waals surface area contributed by atoms with E-state index < -0.39 is 6.09 Å². The van der Waals surface area contributed by atoms with E-state index in [2.05, 4.69) is 14.9 Å². The van der Waals surface area contributed by atoms with Crippen LogP contribution in [-0.2, 0) is 0 Å². The molecule has 2 aliphatic heterocycles. The van der Waals surface area contributed by atoms with E-state index in [1.165, 1.54) is 11.1 Å². The second-order valence-corrected chi connectivity index (χ2v) is 5.08. The number of carbonyl (C=O) groups is 1. The van der Waals surface area contributed by atoms with Gasteiger partial charge in [0.2, 0.25) is 0 Å². The molecule has 17 heavy (non-hydrogen) atoms. The summed E-state index contributed by atoms with van der Waals surface area (Å²) in [4.78, 5) is 22.3. The van der Waals surface area contributed by atoms with Gasteiger partial charge >= 0.3 is 6.09 Å². The predicted octanol–water partition coefficient (Wildman–Crippen LogP) is 0.930. The van der Waals surface area contributed by atoms with Crippen molar-refractivity contribution in [1.29, 1.82) is 0 Å². The van der Waals surface area contributed by atoms with Crippen LogP contribution in [0.15, 0.2) is 12.4 Å². The molecular formula is C10H11ClN4O2. The van der Waals surface area contributed by atoms with E-state index in [9.17, 15) is 4.79 Å². The van der Waals surface area contributed by atoms with Crippen LogP contribution >= 0.6 is 11.6 Å². The van der Waals surface area contributed by atoms with Gasteiger partial charge in [-0.05, 0) is 0 Å². The summed E-state index contributed by atoms with van der Waals surface area (Å²) >= 11 is 5.77. The summed E-state index contributed by atoms with van der Waals surface area (Å²) in [5.41, 5.74) is 0.127. The number of halogens is 1. The lowest BCUT2D eigenvalue weighted by molar-refractivity contribution is -0.00976. The van der Waals surface area contributed by atoms with E-state index in [-0.39, 0.29) is 5.41 Å². The molecule has 1 aromatic rings. The van der Waals surface area contributed by atoms with Gasteiger partial charge in [0.25, 0.3) is 0 Å². The zero-order chi connectivity index (χ0) is 12.0. The first-order valence-electron chi connectivity index (χ1n) is 5.28. The van der Waals surface area contributed by atoms with Gasteiger partial charge in [-0.3, -0.25) is 4.98 Å². The standard InChI is InChI=1S/C10H11ClN4O2/c11-7-1-12-2-8(13-7)14-3-10(4-14)5-15(6-10)9(16)17/h1-2H,3-6H2,(H,16,17). The Hall–Kier alpha value is -1.56. The smallest absolute Gasteiger partial charge is 0.407 e. The largest absolute Gasteiger partial charge is 0.465 e. The van der Waals surface area contributed by atoms with Crippen molar-refractivity contribution in [1.82, 2.24) is 14.9 Å². The maximum Gasteiger partial charge on any atom is 0.407 e. The van der Waals surface area contributed by atoms with Crippen LogP contribution in [0.2, 0.25) is 5.15 Å². The normalized spacial score (nSPS) is 21.0. The van der Waals surface area contributed by atoms with Crippen LogP contribution in [-0.4, -0.2) is 52.2 Å². The highest BCUT2D eigenvalue weighted by molar-refractivity contribution is 6.29. The summed E-state index contributed by atoms with van der Waals surface area (Å²) in [5, 5.41) is 9.16. The van der Waals surface area contributed by atoms with Gasteiger partial charge in [0, 0.05) is 31.6 Å². The minimum absolute atomic E-state index is 0.127. The molecular weight excluding hydrogens is 244 g/mol. The fourth-order valence-corrected chi connectivity index (χ4v) is 2.65. The van der Waals surface area contributed by atoms with E-state index in [1.54, 1.807) is 6.20 Å². The summed E-state index contributed by atoms with van der Waals surface area (Å²) in [6.45, 7) is 2.89. The maximum atomic E-state index is 10.7. The first-order valence-corrected chi connectivity index (χ1v) is 5.66. The Balaban J connectivity index is 1.61. The Morgan fingerprint density at radius 2 is 2.06 bits per heavy atom. The van der Waals surface area contributed by atoms with Crippen LogP contribution in [0, 0.1) is 5.41 Å². The van der Waals surface area contributed by atoms with Gasteiger partial charge in [-0.15, -0.1) is 0 Å². The zero-order valence-corrected chi connectivity index (χ0v) is 9.76. The lowest BCUT2D eigenvalue weighted by atomic mass is 9.73. The van der Waals surface area contributed by atoms with E-state index >= 15 is 0 Å². The van der Waals surface area contributed by atoms with Gasteiger partial charge in [0.15, 0.2) is 0 Å². The topological polar surface area (TPSA) is 69.6 Å². The van der Waals surface area contributed by atoms with Crippen LogP contribution in [0.25, 0.3) is 0 Å². The number of carboxylic acid groups (broad SMARTS) is 1. The Morgan fingerprint density at radius 3 is 2.65 bits per heavy atom. The molecule has 0 saturated carbocycles. The number of amides is 1. The van der Waals surface area contributed by atoms with E-state index in [1.807, 2.05) is 0 Å². The number of anilines is 1. The van der Waals surface area contributed by atoms with Gasteiger partial charge in [-0.25, -0.2) is 9.78 Å². The molecule has 2 aliphatic rings. The first-order chi connectivity index (χ1) is 8.08. The van der Waals surface area contributed by atoms with Crippen molar-refractivity contribution < 1.29 is 9.90 Å². The molecule has 0 atom stereocenters. The molecule has 7 heteroatoms. The summed E-state index contributed by atoms with van der Waals surface area (Å²) in [6.07, 6.45) is 2.33. The average Bonchev–Trinajstić information content (AvgIpc) is 2.12. The van der Waals surface area contributed by atoms with Crippen molar-refractivity contribution in [3.05, 3.63) is 17.5 Å². The third kappa shape index (κ3) is 1.68. The molecule has 1 aromatic heterocycles. The number of hydrogen-bond donors (Lipinski definition) is 1. The third-order valence-electron chi connectivity index (χ3n) is 3.29. The van der Waals surface area contributed by atoms with Crippen molar-refractivity contribution >= 4 is 23.5 Å². The number of aromatic nitrogens is 2. The molecule has 0 aliphatic carbocycles. The Bertz CT molecular complexity index is 467. The van der Waals surface area contributed by atoms with Crippen molar-refractivity contribution in [2.75, 3.05) is 31.1 Å². The molecule has 2 saturated heterocycles. The Labute approximate surface area is 103 Å². The number of likely N-dealkylation sites (tertiary alicyclic amines) is 1. The molecule has 0 radical (unpaired) electrons. The summed E-state index contributed by atoms with van der Waals surface area (Å²) < 4.78 is 0. The Kier molecular flexibility index (Phi) is 2.16. The minimum Gasteiger partial charge on any atom is -0.465 e. The van der Waals surface area contributed by atoms with Crippen molar-refractivity contribution in [3.8, 4) is 0 Å². The zero-order valence-electron chi connectivity index (χ0n) is 9.01. The van der Waals surface area contributed by atoms with Crippen LogP contribution in [0.3, 0.4) is 0 Å². The lowest BCUT2D eigenvalue weighted by Crippen LogP contribution is -2.73. The molecule has 6 nitrogen and oxygen atoms in total. The van der Waals surface area contributed by atoms with Gasteiger partial charge < -0.3 is 14.9 Å². The highest BCUT2D eigenvalue weighted by Gasteiger charge is 2.53. The van der Waals surface area contributed by atoms with Crippen LogP contribution in [0.4, 0.5) is 10.6 Å². The lowest BCUT2D eigenvalue weighted by Gasteiger charge is -2.59. The van der Waals surface area contributed by atoms with E-state index in [0.717, 1.165) is 18.9 Å². The summed E-state index contributed by atoms with van der Waals surface area (Å²) in [7, 11) is 0. The highest BCUT2D eigenvalue weighted by Crippen LogP contribution is 2.41. The molecule has 1 spiro atoms. The molecule has 0 unspecified atom stereocenters. The molecule has 3 rings (SSSR count). The van der Waals surface area contributed by atoms with Gasteiger partial charge in [0.05, 0.1) is 12.4 Å². The summed E-state index contributed by atoms with van der Waals surface area (Å²) in [6, 6.07) is 0. The molecule has 3 heterocycles. The predicted molar refractivity (Wildman–Crippen MR) is 61.3 cm³/mol. The minimum atomic E-state index is -0.836. The molecule has 2 fully saturated rings. The second-order valence-electron chi connectivity index (χ2n) is 4.69. The summed E-state index contributed by atoms with van der Waals surface area (Å²) in [5.74, 6) is 0.761. The van der Waals surface area contributed by atoms with Crippen molar-refractivity contribution in [2.45, 2.75) is 0 Å². The molecule has 0 aromatic carbocycles. The number of hydrogen-bond acceptors (Lipinski definition) is 4. The van der Waals surface area contributed by atoms with Crippen LogP contribution < -0.4 is 4.90 Å². The van der Waals surface area contributed by atoms with E-state index in [4.69, 9.17) is 16.7 Å². The average molecular weight is 255 g/mol. The highest BCUT2D eigenvalue weighted by atomic mass is 35.5. The molecule has 1 N–H and O–H groups in total. The van der Waals surface area contributed by atoms with Gasteiger partial charge in [-0.2, -0.15) is 0 Å². The third-order valence-corrected chi connectivity index (χ3v) is 3.47. The van der Waals surface area contributed by atoms with Crippen LogP contribution in [0.1, 0.15) is 0 Å². The monoisotopic (exact) mass is 254 g/mol.